The summed E-state index contributed by atoms with van der Waals surface area (Å²) in [5, 5.41) is 15.6. The third-order valence-electron chi connectivity index (χ3n) is 7.10. The molecule has 0 unspecified atom stereocenters. The zero-order chi connectivity index (χ0) is 29.7. The summed E-state index contributed by atoms with van der Waals surface area (Å²) in [4.78, 5) is 31.1. The summed E-state index contributed by atoms with van der Waals surface area (Å²) < 4.78 is 46.2. The monoisotopic (exact) mass is 571 g/mol. The summed E-state index contributed by atoms with van der Waals surface area (Å²) in [7, 11) is 1.42. The summed E-state index contributed by atoms with van der Waals surface area (Å²) >= 11 is 0. The standard InChI is InChI=1S/C29H32F3N5O4/c1-4-37(23-9-11-33-15-18(23)2)27(38)21-12-19(13-24-26(21)35-17-36(24)16-29(30,31)32)6-5-10-34-22-8-7-20(28(39)40)14-25(22)41-3/h7-8,12-14,17-18,23,33-34H,4,9-11,15-16H2,1-3H3,(H,39,40)/t18-,23-/m0/s1. The van der Waals surface area contributed by atoms with E-state index in [9.17, 15) is 27.9 Å². The van der Waals surface area contributed by atoms with E-state index in [2.05, 4.69) is 34.4 Å². The number of halogens is 3. The highest BCUT2D eigenvalue weighted by Gasteiger charge is 2.32. The van der Waals surface area contributed by atoms with Crippen molar-refractivity contribution in [3.8, 4) is 17.6 Å². The summed E-state index contributed by atoms with van der Waals surface area (Å²) in [5.41, 5.74) is 1.54. The molecule has 2 heterocycles. The molecule has 9 nitrogen and oxygen atoms in total. The first-order valence-electron chi connectivity index (χ1n) is 13.2. The summed E-state index contributed by atoms with van der Waals surface area (Å²) in [6, 6.07) is 7.44. The van der Waals surface area contributed by atoms with E-state index in [1.165, 1.54) is 25.3 Å². The maximum Gasteiger partial charge on any atom is 0.406 e. The van der Waals surface area contributed by atoms with E-state index in [0.29, 0.717) is 23.5 Å². The van der Waals surface area contributed by atoms with E-state index < -0.39 is 18.7 Å². The van der Waals surface area contributed by atoms with Crippen LogP contribution in [0.3, 0.4) is 0 Å². The Kier molecular flexibility index (Phi) is 9.08. The third-order valence-corrected chi connectivity index (χ3v) is 7.10. The molecule has 1 aromatic heterocycles. The van der Waals surface area contributed by atoms with Crippen LogP contribution in [0.4, 0.5) is 18.9 Å². The Morgan fingerprint density at radius 1 is 1.29 bits per heavy atom. The topological polar surface area (TPSA) is 109 Å². The Bertz CT molecular complexity index is 1490. The number of aromatic nitrogens is 2. The summed E-state index contributed by atoms with van der Waals surface area (Å²) in [6.45, 7) is 4.83. The number of carbonyl (C=O) groups excluding carboxylic acids is 1. The van der Waals surface area contributed by atoms with Crippen molar-refractivity contribution in [3.63, 3.8) is 0 Å². The predicted molar refractivity (Wildman–Crippen MR) is 148 cm³/mol. The lowest BCUT2D eigenvalue weighted by Gasteiger charge is -2.38. The Balaban J connectivity index is 1.67. The molecule has 12 heteroatoms. The van der Waals surface area contributed by atoms with Crippen molar-refractivity contribution in [1.29, 1.82) is 0 Å². The molecule has 3 N–H and O–H groups in total. The number of imidazole rings is 1. The number of piperidine rings is 1. The van der Waals surface area contributed by atoms with Crippen molar-refractivity contribution < 1.29 is 32.6 Å². The Morgan fingerprint density at radius 3 is 2.73 bits per heavy atom. The van der Waals surface area contributed by atoms with Crippen molar-refractivity contribution in [3.05, 3.63) is 53.3 Å². The highest BCUT2D eigenvalue weighted by Crippen LogP contribution is 2.28. The van der Waals surface area contributed by atoms with Gasteiger partial charge < -0.3 is 29.9 Å². The Hall–Kier alpha value is -4.24. The van der Waals surface area contributed by atoms with Crippen molar-refractivity contribution in [1.82, 2.24) is 19.8 Å². The summed E-state index contributed by atoms with van der Waals surface area (Å²) in [5.74, 6) is 5.02. The van der Waals surface area contributed by atoms with Gasteiger partial charge in [-0.25, -0.2) is 9.78 Å². The number of alkyl halides is 3. The Labute approximate surface area is 235 Å². The number of nitrogens with one attached hydrogen (secondary N) is 2. The zero-order valence-electron chi connectivity index (χ0n) is 23.0. The first kappa shape index (κ1) is 29.7. The smallest absolute Gasteiger partial charge is 0.406 e. The van der Waals surface area contributed by atoms with Gasteiger partial charge in [-0.1, -0.05) is 18.8 Å². The lowest BCUT2D eigenvalue weighted by atomic mass is 9.93. The van der Waals surface area contributed by atoms with Gasteiger partial charge in [-0.2, -0.15) is 13.2 Å². The van der Waals surface area contributed by atoms with Gasteiger partial charge in [-0.05, 0) is 62.7 Å². The molecule has 2 aromatic carbocycles. The lowest BCUT2D eigenvalue weighted by molar-refractivity contribution is -0.140. The number of amides is 1. The average molecular weight is 572 g/mol. The van der Waals surface area contributed by atoms with Crippen LogP contribution >= 0.6 is 0 Å². The molecule has 0 aliphatic carbocycles. The van der Waals surface area contributed by atoms with Crippen molar-refractivity contribution in [2.24, 2.45) is 5.92 Å². The minimum absolute atomic E-state index is 0.0116. The normalized spacial score (nSPS) is 17.0. The number of carboxylic acids is 1. The van der Waals surface area contributed by atoms with E-state index >= 15 is 0 Å². The number of anilines is 1. The van der Waals surface area contributed by atoms with Crippen molar-refractivity contribution in [2.45, 2.75) is 39.0 Å². The molecule has 1 fully saturated rings. The number of benzene rings is 2. The van der Waals surface area contributed by atoms with Gasteiger partial charge in [-0.3, -0.25) is 4.79 Å². The molecule has 0 radical (unpaired) electrons. The molecule has 0 saturated carbocycles. The molecular formula is C29H32F3N5O4. The van der Waals surface area contributed by atoms with Gasteiger partial charge in [0.05, 0.1) is 42.3 Å². The molecule has 1 amide bonds. The van der Waals surface area contributed by atoms with Gasteiger partial charge in [0.25, 0.3) is 5.91 Å². The third kappa shape index (κ3) is 6.92. The molecule has 1 saturated heterocycles. The van der Waals surface area contributed by atoms with E-state index in [0.717, 1.165) is 30.4 Å². The van der Waals surface area contributed by atoms with E-state index in [-0.39, 0.29) is 46.6 Å². The van der Waals surface area contributed by atoms with Crippen LogP contribution in [0, 0.1) is 17.8 Å². The highest BCUT2D eigenvalue weighted by molar-refractivity contribution is 6.05. The number of fused-ring (bicyclic) bond motifs is 1. The predicted octanol–water partition coefficient (Wildman–Crippen LogP) is 4.23. The number of ether oxygens (including phenoxy) is 1. The fourth-order valence-electron chi connectivity index (χ4n) is 5.12. The van der Waals surface area contributed by atoms with Crippen molar-refractivity contribution >= 4 is 28.6 Å². The molecule has 1 aliphatic rings. The highest BCUT2D eigenvalue weighted by atomic mass is 19.4. The molecule has 1 aliphatic heterocycles. The molecular weight excluding hydrogens is 539 g/mol. The van der Waals surface area contributed by atoms with Crippen LogP contribution in [0.1, 0.15) is 46.5 Å². The average Bonchev–Trinajstić information content (AvgIpc) is 3.32. The quantitative estimate of drug-likeness (QED) is 0.348. The van der Waals surface area contributed by atoms with Crippen LogP contribution in [0.25, 0.3) is 11.0 Å². The van der Waals surface area contributed by atoms with E-state index in [1.54, 1.807) is 17.0 Å². The molecule has 41 heavy (non-hydrogen) atoms. The van der Waals surface area contributed by atoms with Crippen LogP contribution in [0.5, 0.6) is 5.75 Å². The number of carbonyl (C=O) groups is 2. The number of methoxy groups -OCH3 is 1. The van der Waals surface area contributed by atoms with Crippen LogP contribution < -0.4 is 15.4 Å². The molecule has 4 rings (SSSR count). The van der Waals surface area contributed by atoms with Crippen LogP contribution in [-0.2, 0) is 6.54 Å². The maximum atomic E-state index is 13.9. The van der Waals surface area contributed by atoms with Gasteiger partial charge in [0.1, 0.15) is 17.8 Å². The number of carboxylic acid groups (broad SMARTS) is 1. The van der Waals surface area contributed by atoms with E-state index in [1.807, 2.05) is 6.92 Å². The number of nitrogens with zero attached hydrogens (tertiary/aromatic N) is 3. The number of hydrogen-bond donors (Lipinski definition) is 3. The van der Waals surface area contributed by atoms with Crippen LogP contribution in [0.2, 0.25) is 0 Å². The summed E-state index contributed by atoms with van der Waals surface area (Å²) in [6.07, 6.45) is -2.60. The second kappa shape index (κ2) is 12.5. The lowest BCUT2D eigenvalue weighted by Crippen LogP contribution is -2.50. The minimum atomic E-state index is -4.47. The largest absolute Gasteiger partial charge is 0.495 e. The Morgan fingerprint density at radius 2 is 2.07 bits per heavy atom. The van der Waals surface area contributed by atoms with Crippen LogP contribution in [0.15, 0.2) is 36.7 Å². The molecule has 218 valence electrons. The molecule has 0 spiro atoms. The van der Waals surface area contributed by atoms with Gasteiger partial charge >= 0.3 is 12.1 Å². The molecule has 2 atom stereocenters. The van der Waals surface area contributed by atoms with E-state index in [4.69, 9.17) is 4.74 Å². The van der Waals surface area contributed by atoms with Gasteiger partial charge in [0, 0.05) is 18.2 Å². The van der Waals surface area contributed by atoms with Crippen LogP contribution in [-0.4, -0.2) is 76.9 Å². The number of hydrogen-bond acceptors (Lipinski definition) is 6. The molecule has 0 bridgehead atoms. The first-order valence-corrected chi connectivity index (χ1v) is 13.2. The molecule has 3 aromatic rings. The second-order valence-electron chi connectivity index (χ2n) is 9.88. The fraction of sp³-hybridized carbons (Fsp3) is 0.414. The zero-order valence-corrected chi connectivity index (χ0v) is 23.0. The first-order chi connectivity index (χ1) is 19.5. The number of aromatic carboxylic acids is 1. The van der Waals surface area contributed by atoms with Gasteiger partial charge in [0.15, 0.2) is 0 Å². The maximum absolute atomic E-state index is 13.9. The fourth-order valence-corrected chi connectivity index (χ4v) is 5.12. The minimum Gasteiger partial charge on any atom is -0.495 e. The van der Waals surface area contributed by atoms with Crippen molar-refractivity contribution in [2.75, 3.05) is 38.6 Å². The second-order valence-corrected chi connectivity index (χ2v) is 9.88. The van der Waals surface area contributed by atoms with Gasteiger partial charge in [-0.15, -0.1) is 0 Å². The SMILES string of the molecule is CCN(C(=O)c1cc(C#CCNc2ccc(C(=O)O)cc2OC)cc2c1ncn2CC(F)(F)F)[C@H]1CCNC[C@@H]1C. The number of rotatable bonds is 8. The van der Waals surface area contributed by atoms with Gasteiger partial charge in [0.2, 0.25) is 0 Å².